The van der Waals surface area contributed by atoms with Gasteiger partial charge in [-0.05, 0) is 36.1 Å². The molecule has 34 heavy (non-hydrogen) atoms. The van der Waals surface area contributed by atoms with Gasteiger partial charge in [0.25, 0.3) is 5.91 Å². The molecule has 2 fully saturated rings. The van der Waals surface area contributed by atoms with Crippen molar-refractivity contribution >= 4 is 50.1 Å². The number of nitrogens with one attached hydrogen (secondary N) is 1. The van der Waals surface area contributed by atoms with Gasteiger partial charge in [-0.1, -0.05) is 75.4 Å². The molecule has 1 aliphatic heterocycles. The number of nitrogens with zero attached hydrogens (tertiary/aromatic N) is 3. The Morgan fingerprint density at radius 3 is 2.71 bits per heavy atom. The second-order valence-electron chi connectivity index (χ2n) is 8.41. The van der Waals surface area contributed by atoms with Crippen molar-refractivity contribution in [3.8, 4) is 0 Å². The Morgan fingerprint density at radius 1 is 1.18 bits per heavy atom. The number of piperidine rings is 1. The molecule has 5 nitrogen and oxygen atoms in total. The molecule has 11 heteroatoms. The summed E-state index contributed by atoms with van der Waals surface area (Å²) in [5, 5.41) is 11.4. The van der Waals surface area contributed by atoms with E-state index in [-0.39, 0.29) is 10.7 Å². The zero-order valence-corrected chi connectivity index (χ0v) is 20.9. The molecule has 1 aliphatic carbocycles. The summed E-state index contributed by atoms with van der Waals surface area (Å²) in [5.41, 5.74) is 0.342. The third-order valence-electron chi connectivity index (χ3n) is 6.14. The number of thioether (sulfide) groups is 1. The summed E-state index contributed by atoms with van der Waals surface area (Å²) in [7, 11) is 0. The van der Waals surface area contributed by atoms with Crippen LogP contribution in [0.1, 0.15) is 27.9 Å². The molecule has 1 saturated heterocycles. The van der Waals surface area contributed by atoms with Crippen molar-refractivity contribution in [3.05, 3.63) is 71.3 Å². The van der Waals surface area contributed by atoms with Gasteiger partial charge in [0, 0.05) is 34.8 Å². The van der Waals surface area contributed by atoms with Gasteiger partial charge in [-0.2, -0.15) is 13.2 Å². The Bertz CT molecular complexity index is 1180. The number of fused-ring (bicyclic) bond motifs is 2. The fourth-order valence-corrected chi connectivity index (χ4v) is 8.37. The maximum absolute atomic E-state index is 12.9. The lowest BCUT2D eigenvalue weighted by Gasteiger charge is -2.32. The van der Waals surface area contributed by atoms with E-state index in [1.807, 2.05) is 6.07 Å². The van der Waals surface area contributed by atoms with Crippen LogP contribution in [0.15, 0.2) is 58.9 Å². The van der Waals surface area contributed by atoms with Crippen LogP contribution in [0.3, 0.4) is 0 Å². The SMILES string of the molecule is O=C(Nc1nnc(S[C@@H]2C[C@H]3CN(Cc4ccccc4)[C@H]2[C@@H]3Br)s1)c1cccc(C(F)(F)F)c1. The highest BCUT2D eigenvalue weighted by Crippen LogP contribution is 2.49. The Morgan fingerprint density at radius 2 is 1.97 bits per heavy atom. The van der Waals surface area contributed by atoms with Gasteiger partial charge in [0.2, 0.25) is 5.13 Å². The van der Waals surface area contributed by atoms with Crippen molar-refractivity contribution < 1.29 is 18.0 Å². The first-order valence-electron chi connectivity index (χ1n) is 10.7. The van der Waals surface area contributed by atoms with Crippen LogP contribution >= 0.6 is 39.0 Å². The summed E-state index contributed by atoms with van der Waals surface area (Å²) in [6.45, 7) is 1.95. The third-order valence-corrected chi connectivity index (χ3v) is 9.66. The number of alkyl halides is 4. The first-order valence-corrected chi connectivity index (χ1v) is 13.3. The molecule has 1 saturated carbocycles. The lowest BCUT2D eigenvalue weighted by Crippen LogP contribution is -2.40. The zero-order valence-electron chi connectivity index (χ0n) is 17.7. The summed E-state index contributed by atoms with van der Waals surface area (Å²) >= 11 is 6.79. The molecule has 2 aromatic carbocycles. The number of rotatable bonds is 6. The topological polar surface area (TPSA) is 58.1 Å². The zero-order chi connectivity index (χ0) is 23.9. The highest BCUT2D eigenvalue weighted by atomic mass is 79.9. The minimum Gasteiger partial charge on any atom is -0.296 e. The van der Waals surface area contributed by atoms with Crippen LogP contribution in [0.5, 0.6) is 0 Å². The fraction of sp³-hybridized carbons (Fsp3) is 0.348. The molecular formula is C23H20BrF3N4OS2. The van der Waals surface area contributed by atoms with Crippen LogP contribution in [0, 0.1) is 5.92 Å². The summed E-state index contributed by atoms with van der Waals surface area (Å²) in [5.74, 6) is -0.0764. The van der Waals surface area contributed by atoms with Crippen molar-refractivity contribution in [1.29, 1.82) is 0 Å². The van der Waals surface area contributed by atoms with Gasteiger partial charge in [0.15, 0.2) is 4.34 Å². The van der Waals surface area contributed by atoms with Gasteiger partial charge in [-0.15, -0.1) is 10.2 Å². The lowest BCUT2D eigenvalue weighted by atomic mass is 10.1. The molecule has 178 valence electrons. The number of anilines is 1. The summed E-state index contributed by atoms with van der Waals surface area (Å²) in [6, 6.07) is 15.1. The number of aromatic nitrogens is 2. The number of carbonyl (C=O) groups is 1. The van der Waals surface area contributed by atoms with Crippen molar-refractivity contribution in [3.63, 3.8) is 0 Å². The van der Waals surface area contributed by atoms with Crippen LogP contribution in [-0.2, 0) is 12.7 Å². The number of amides is 1. The minimum absolute atomic E-state index is 0.0778. The van der Waals surface area contributed by atoms with Crippen LogP contribution in [0.2, 0.25) is 0 Å². The van der Waals surface area contributed by atoms with Gasteiger partial charge in [-0.25, -0.2) is 0 Å². The van der Waals surface area contributed by atoms with E-state index in [9.17, 15) is 18.0 Å². The monoisotopic (exact) mass is 568 g/mol. The number of likely N-dealkylation sites (tertiary alicyclic amines) is 1. The molecule has 2 heterocycles. The number of benzene rings is 2. The van der Waals surface area contributed by atoms with E-state index in [1.54, 1.807) is 11.8 Å². The fourth-order valence-electron chi connectivity index (χ4n) is 4.64. The Labute approximate surface area is 211 Å². The molecule has 0 radical (unpaired) electrons. The molecule has 5 rings (SSSR count). The molecule has 2 bridgehead atoms. The largest absolute Gasteiger partial charge is 0.416 e. The maximum Gasteiger partial charge on any atom is 0.416 e. The van der Waals surface area contributed by atoms with E-state index in [1.165, 1.54) is 29.0 Å². The number of halogens is 4. The summed E-state index contributed by atoms with van der Waals surface area (Å²) in [6.07, 6.45) is -3.44. The smallest absolute Gasteiger partial charge is 0.296 e. The normalized spacial score (nSPS) is 24.5. The van der Waals surface area contributed by atoms with Gasteiger partial charge in [-0.3, -0.25) is 15.0 Å². The summed E-state index contributed by atoms with van der Waals surface area (Å²) < 4.78 is 39.5. The standard InChI is InChI=1S/C23H20BrF3N4OS2/c24-18-15-10-17(19(18)31(12-15)11-13-5-2-1-3-6-13)33-22-30-29-21(34-22)28-20(32)14-7-4-8-16(9-14)23(25,26)27/h1-9,15,17-19H,10-12H2,(H,28,29,32)/t15-,17+,18+,19+/m0/s1. The Balaban J connectivity index is 1.23. The first kappa shape index (κ1) is 23.8. The molecule has 1 amide bonds. The molecular weight excluding hydrogens is 549 g/mol. The van der Waals surface area contributed by atoms with E-state index in [0.29, 0.717) is 22.0 Å². The highest BCUT2D eigenvalue weighted by molar-refractivity contribution is 9.09. The molecule has 3 aromatic rings. The second kappa shape index (κ2) is 9.60. The Kier molecular flexibility index (Phi) is 6.71. The average molecular weight is 569 g/mol. The van der Waals surface area contributed by atoms with E-state index >= 15 is 0 Å². The van der Waals surface area contributed by atoms with Crippen LogP contribution < -0.4 is 5.32 Å². The molecule has 1 aromatic heterocycles. The first-order chi connectivity index (χ1) is 16.3. The van der Waals surface area contributed by atoms with Crippen molar-refractivity contribution in [1.82, 2.24) is 15.1 Å². The maximum atomic E-state index is 12.9. The van der Waals surface area contributed by atoms with Gasteiger partial charge in [0.1, 0.15) is 0 Å². The predicted octanol–water partition coefficient (Wildman–Crippen LogP) is 5.94. The molecule has 0 unspecified atom stereocenters. The van der Waals surface area contributed by atoms with Gasteiger partial charge >= 0.3 is 6.18 Å². The van der Waals surface area contributed by atoms with Crippen molar-refractivity contribution in [2.24, 2.45) is 5.92 Å². The van der Waals surface area contributed by atoms with E-state index in [4.69, 9.17) is 0 Å². The van der Waals surface area contributed by atoms with E-state index in [2.05, 4.69) is 60.6 Å². The van der Waals surface area contributed by atoms with Crippen LogP contribution in [0.4, 0.5) is 18.3 Å². The number of hydrogen-bond donors (Lipinski definition) is 1. The van der Waals surface area contributed by atoms with E-state index < -0.39 is 17.6 Å². The van der Waals surface area contributed by atoms with Crippen LogP contribution in [-0.4, -0.2) is 43.7 Å². The van der Waals surface area contributed by atoms with Crippen molar-refractivity contribution in [2.45, 2.75) is 39.6 Å². The quantitative estimate of drug-likeness (QED) is 0.294. The number of carbonyl (C=O) groups excluding carboxylic acids is 1. The number of hydrogen-bond acceptors (Lipinski definition) is 6. The lowest BCUT2D eigenvalue weighted by molar-refractivity contribution is -0.137. The predicted molar refractivity (Wildman–Crippen MR) is 130 cm³/mol. The second-order valence-corrected chi connectivity index (χ2v) is 11.9. The van der Waals surface area contributed by atoms with Crippen molar-refractivity contribution in [2.75, 3.05) is 11.9 Å². The molecule has 1 N–H and O–H groups in total. The summed E-state index contributed by atoms with van der Waals surface area (Å²) in [4.78, 5) is 15.4. The highest BCUT2D eigenvalue weighted by Gasteiger charge is 2.51. The average Bonchev–Trinajstić information content (AvgIpc) is 3.46. The molecule has 0 spiro atoms. The third kappa shape index (κ3) is 5.02. The van der Waals surface area contributed by atoms with E-state index in [0.717, 1.165) is 36.0 Å². The Hall–Kier alpha value is -1.95. The van der Waals surface area contributed by atoms with Gasteiger partial charge in [0.05, 0.1) is 5.56 Å². The van der Waals surface area contributed by atoms with Gasteiger partial charge < -0.3 is 0 Å². The molecule has 2 aliphatic rings. The minimum atomic E-state index is -4.51. The molecule has 4 atom stereocenters. The van der Waals surface area contributed by atoms with Crippen LogP contribution in [0.25, 0.3) is 0 Å².